The van der Waals surface area contributed by atoms with Crippen LogP contribution in [-0.4, -0.2) is 33.7 Å². The summed E-state index contributed by atoms with van der Waals surface area (Å²) < 4.78 is 3.43. The lowest BCUT2D eigenvalue weighted by Gasteiger charge is -2.34. The van der Waals surface area contributed by atoms with E-state index in [1.807, 2.05) is 0 Å². The molecule has 0 amide bonds. The highest BCUT2D eigenvalue weighted by Crippen LogP contribution is 2.38. The Bertz CT molecular complexity index is 1170. The summed E-state index contributed by atoms with van der Waals surface area (Å²) in [5.74, 6) is -0.189. The number of pyridine rings is 1. The molecule has 0 bridgehead atoms. The fourth-order valence-electron chi connectivity index (χ4n) is 5.24. The van der Waals surface area contributed by atoms with Gasteiger partial charge in [0.1, 0.15) is 5.65 Å². The molecule has 1 aliphatic heterocycles. The van der Waals surface area contributed by atoms with Gasteiger partial charge in [0.2, 0.25) is 0 Å². The third kappa shape index (κ3) is 4.17. The number of anilines is 1. The van der Waals surface area contributed by atoms with Crippen molar-refractivity contribution in [3.63, 3.8) is 0 Å². The summed E-state index contributed by atoms with van der Waals surface area (Å²) in [4.78, 5) is 18.4. The van der Waals surface area contributed by atoms with E-state index in [0.29, 0.717) is 5.92 Å². The van der Waals surface area contributed by atoms with E-state index in [1.165, 1.54) is 39.1 Å². The van der Waals surface area contributed by atoms with E-state index in [1.54, 1.807) is 0 Å². The van der Waals surface area contributed by atoms with E-state index in [2.05, 4.69) is 78.2 Å². The molecule has 32 heavy (non-hydrogen) atoms. The molecule has 0 unspecified atom stereocenters. The summed E-state index contributed by atoms with van der Waals surface area (Å²) in [5, 5.41) is 10.2. The molecule has 3 aromatic rings. The molecule has 1 N–H and O–H groups in total. The minimum atomic E-state index is -0.690. The summed E-state index contributed by atoms with van der Waals surface area (Å²) in [5.41, 5.74) is 9.46. The zero-order valence-corrected chi connectivity index (χ0v) is 21.2. The van der Waals surface area contributed by atoms with Crippen LogP contribution in [-0.2, 0) is 4.79 Å². The molecule has 0 aliphatic carbocycles. The Labute approximate surface area is 198 Å². The van der Waals surface area contributed by atoms with E-state index >= 15 is 0 Å². The second-order valence-electron chi connectivity index (χ2n) is 9.28. The summed E-state index contributed by atoms with van der Waals surface area (Å²) in [6.45, 7) is 12.7. The smallest absolute Gasteiger partial charge is 0.303 e. The Morgan fingerprint density at radius 3 is 2.31 bits per heavy atom. The summed E-state index contributed by atoms with van der Waals surface area (Å²) in [6.07, 6.45) is 3.14. The van der Waals surface area contributed by atoms with Crippen molar-refractivity contribution in [1.82, 2.24) is 9.55 Å². The molecule has 170 valence electrons. The fraction of sp³-hybridized carbons (Fsp3) is 0.462. The van der Waals surface area contributed by atoms with E-state index in [4.69, 9.17) is 10.1 Å². The van der Waals surface area contributed by atoms with Crippen LogP contribution in [0.1, 0.15) is 53.8 Å². The molecule has 1 aromatic carbocycles. The molecule has 1 saturated heterocycles. The van der Waals surface area contributed by atoms with Crippen molar-refractivity contribution in [2.75, 3.05) is 18.0 Å². The standard InChI is InChI=1S/C26H32BrN3O2/c1-15-12-21(27)13-16(2)25(15)30-19(5)18(4)24-22(14-17(3)28-26(24)30)29-10-8-20(9-11-29)6-7-23(31)32/h12-14,20H,6-11H2,1-5H3,(H,31,32). The second-order valence-corrected chi connectivity index (χ2v) is 10.2. The van der Waals surface area contributed by atoms with Crippen LogP contribution >= 0.6 is 15.9 Å². The first kappa shape index (κ1) is 22.8. The minimum absolute atomic E-state index is 0.274. The topological polar surface area (TPSA) is 58.4 Å². The zero-order chi connectivity index (χ0) is 23.2. The van der Waals surface area contributed by atoms with Gasteiger partial charge in [-0.1, -0.05) is 15.9 Å². The number of hydrogen-bond acceptors (Lipinski definition) is 3. The molecule has 3 heterocycles. The Balaban J connectivity index is 1.78. The van der Waals surface area contributed by atoms with Crippen LogP contribution in [0.4, 0.5) is 5.69 Å². The van der Waals surface area contributed by atoms with Gasteiger partial charge in [-0.25, -0.2) is 4.98 Å². The van der Waals surface area contributed by atoms with Gasteiger partial charge in [0.15, 0.2) is 0 Å². The molecule has 1 aliphatic rings. The largest absolute Gasteiger partial charge is 0.481 e. The summed E-state index contributed by atoms with van der Waals surface area (Å²) in [6, 6.07) is 6.56. The number of aliphatic carboxylic acids is 1. The monoisotopic (exact) mass is 497 g/mol. The van der Waals surface area contributed by atoms with Crippen LogP contribution in [0.15, 0.2) is 22.7 Å². The van der Waals surface area contributed by atoms with Crippen LogP contribution in [0.25, 0.3) is 16.7 Å². The first-order chi connectivity index (χ1) is 15.2. The molecule has 0 atom stereocenters. The van der Waals surface area contributed by atoms with Crippen molar-refractivity contribution < 1.29 is 9.90 Å². The van der Waals surface area contributed by atoms with E-state index in [9.17, 15) is 4.79 Å². The maximum Gasteiger partial charge on any atom is 0.303 e. The van der Waals surface area contributed by atoms with Gasteiger partial charge in [0.05, 0.1) is 5.69 Å². The molecule has 4 rings (SSSR count). The molecule has 2 aromatic heterocycles. The number of nitrogens with zero attached hydrogens (tertiary/aromatic N) is 3. The molecule has 0 spiro atoms. The summed E-state index contributed by atoms with van der Waals surface area (Å²) >= 11 is 3.63. The van der Waals surface area contributed by atoms with Gasteiger partial charge in [0, 0.05) is 46.4 Å². The van der Waals surface area contributed by atoms with Crippen molar-refractivity contribution in [3.05, 3.63) is 50.8 Å². The molecular weight excluding hydrogens is 466 g/mol. The number of benzene rings is 1. The average molecular weight is 498 g/mol. The fourth-order valence-corrected chi connectivity index (χ4v) is 5.92. The van der Waals surface area contributed by atoms with Gasteiger partial charge < -0.3 is 10.0 Å². The molecule has 1 fully saturated rings. The number of carboxylic acid groups (broad SMARTS) is 1. The Morgan fingerprint density at radius 1 is 1.09 bits per heavy atom. The third-order valence-corrected chi connectivity index (χ3v) is 7.43. The van der Waals surface area contributed by atoms with Crippen LogP contribution in [0, 0.1) is 40.5 Å². The third-order valence-electron chi connectivity index (χ3n) is 6.97. The van der Waals surface area contributed by atoms with Crippen molar-refractivity contribution in [2.45, 2.75) is 60.3 Å². The lowest BCUT2D eigenvalue weighted by molar-refractivity contribution is -0.137. The van der Waals surface area contributed by atoms with Crippen LogP contribution in [0.3, 0.4) is 0 Å². The Hall–Kier alpha value is -2.34. The van der Waals surface area contributed by atoms with Crippen LogP contribution in [0.2, 0.25) is 0 Å². The average Bonchev–Trinajstić information content (AvgIpc) is 2.96. The van der Waals surface area contributed by atoms with Crippen molar-refractivity contribution in [1.29, 1.82) is 0 Å². The number of rotatable bonds is 5. The lowest BCUT2D eigenvalue weighted by Crippen LogP contribution is -2.34. The second kappa shape index (κ2) is 8.89. The van der Waals surface area contributed by atoms with Crippen molar-refractivity contribution >= 4 is 38.6 Å². The number of carbonyl (C=O) groups is 1. The van der Waals surface area contributed by atoms with Gasteiger partial charge >= 0.3 is 5.97 Å². The highest BCUT2D eigenvalue weighted by atomic mass is 79.9. The predicted octanol–water partition coefficient (Wildman–Crippen LogP) is 6.41. The lowest BCUT2D eigenvalue weighted by atomic mass is 9.91. The van der Waals surface area contributed by atoms with E-state index < -0.39 is 5.97 Å². The van der Waals surface area contributed by atoms with Gasteiger partial charge in [0.25, 0.3) is 0 Å². The van der Waals surface area contributed by atoms with E-state index in [-0.39, 0.29) is 6.42 Å². The number of halogens is 1. The molecule has 5 nitrogen and oxygen atoms in total. The maximum atomic E-state index is 10.9. The van der Waals surface area contributed by atoms with Crippen molar-refractivity contribution in [3.8, 4) is 5.69 Å². The van der Waals surface area contributed by atoms with Gasteiger partial charge in [-0.2, -0.15) is 0 Å². The maximum absolute atomic E-state index is 10.9. The van der Waals surface area contributed by atoms with E-state index in [0.717, 1.165) is 48.2 Å². The molecule has 6 heteroatoms. The normalized spacial score (nSPS) is 15.0. The SMILES string of the molecule is Cc1cc(N2CCC(CCC(=O)O)CC2)c2c(C)c(C)n(-c3c(C)cc(Br)cc3C)c2n1. The number of aryl methyl sites for hydroxylation is 4. The zero-order valence-electron chi connectivity index (χ0n) is 19.6. The van der Waals surface area contributed by atoms with Crippen LogP contribution in [0.5, 0.6) is 0 Å². The number of fused-ring (bicyclic) bond motifs is 1. The highest BCUT2D eigenvalue weighted by Gasteiger charge is 2.25. The number of carboxylic acids is 1. The quantitative estimate of drug-likeness (QED) is 0.442. The van der Waals surface area contributed by atoms with Crippen molar-refractivity contribution in [2.24, 2.45) is 5.92 Å². The van der Waals surface area contributed by atoms with Gasteiger partial charge in [-0.05, 0) is 94.7 Å². The number of piperidine rings is 1. The first-order valence-electron chi connectivity index (χ1n) is 11.4. The molecule has 0 saturated carbocycles. The molecule has 0 radical (unpaired) electrons. The summed E-state index contributed by atoms with van der Waals surface area (Å²) in [7, 11) is 0. The molecular formula is C26H32BrN3O2. The van der Waals surface area contributed by atoms with Gasteiger partial charge in [-0.15, -0.1) is 0 Å². The first-order valence-corrected chi connectivity index (χ1v) is 12.2. The number of aromatic nitrogens is 2. The number of hydrogen-bond donors (Lipinski definition) is 1. The highest BCUT2D eigenvalue weighted by molar-refractivity contribution is 9.10. The Morgan fingerprint density at radius 2 is 1.72 bits per heavy atom. The predicted molar refractivity (Wildman–Crippen MR) is 134 cm³/mol. The van der Waals surface area contributed by atoms with Crippen LogP contribution < -0.4 is 4.90 Å². The van der Waals surface area contributed by atoms with Gasteiger partial charge in [-0.3, -0.25) is 9.36 Å². The Kier molecular flexibility index (Phi) is 6.35. The minimum Gasteiger partial charge on any atom is -0.481 e.